The van der Waals surface area contributed by atoms with Gasteiger partial charge >= 0.3 is 6.09 Å². The molecule has 0 radical (unpaired) electrons. The molecular weight excluding hydrogens is 492 g/mol. The summed E-state index contributed by atoms with van der Waals surface area (Å²) in [5, 5.41) is 2.68. The third kappa shape index (κ3) is 14.3. The number of carbonyl (C=O) groups is 2. The molecule has 7 N–H and O–H groups in total. The highest BCUT2D eigenvalue weighted by atomic mass is 32.2. The Morgan fingerprint density at radius 2 is 1.56 bits per heavy atom. The predicted octanol–water partition coefficient (Wildman–Crippen LogP) is 0.182. The Kier molecular flexibility index (Phi) is 16.7. The van der Waals surface area contributed by atoms with Gasteiger partial charge < -0.3 is 41.5 Å². The van der Waals surface area contributed by atoms with E-state index in [0.29, 0.717) is 59.0 Å². The van der Waals surface area contributed by atoms with Crippen LogP contribution >= 0.6 is 0 Å². The number of amides is 2. The molecule has 1 rings (SSSR count). The molecule has 1 aromatic rings. The van der Waals surface area contributed by atoms with E-state index in [1.54, 1.807) is 0 Å². The van der Waals surface area contributed by atoms with Crippen molar-refractivity contribution in [2.75, 3.05) is 65.0 Å². The smallest absolute Gasteiger partial charge is 0.404 e. The lowest BCUT2D eigenvalue weighted by atomic mass is 10.1. The molecule has 1 aromatic carbocycles. The molecule has 206 valence electrons. The first kappa shape index (κ1) is 31.7. The van der Waals surface area contributed by atoms with Gasteiger partial charge in [-0.25, -0.2) is 13.2 Å². The van der Waals surface area contributed by atoms with Crippen molar-refractivity contribution in [3.63, 3.8) is 0 Å². The molecule has 1 atom stereocenters. The number of nitrogens with one attached hydrogen (secondary N) is 1. The Balaban J connectivity index is 2.49. The zero-order valence-electron chi connectivity index (χ0n) is 20.7. The summed E-state index contributed by atoms with van der Waals surface area (Å²) in [6.45, 7) is 3.68. The quantitative estimate of drug-likeness (QED) is 0.159. The maximum atomic E-state index is 12.9. The number of unbranched alkanes of at least 4 members (excludes halogenated alkanes) is 2. The van der Waals surface area contributed by atoms with E-state index in [4.69, 9.17) is 36.1 Å². The monoisotopic (exact) mass is 532 g/mol. The molecule has 1 unspecified atom stereocenters. The third-order valence-corrected chi connectivity index (χ3v) is 6.69. The largest absolute Gasteiger partial charge is 0.445 e. The second-order valence-corrected chi connectivity index (χ2v) is 9.92. The van der Waals surface area contributed by atoms with Gasteiger partial charge in [0.05, 0.1) is 50.3 Å². The van der Waals surface area contributed by atoms with Gasteiger partial charge in [0.15, 0.2) is 9.84 Å². The zero-order valence-corrected chi connectivity index (χ0v) is 21.5. The Bertz CT molecular complexity index is 869. The van der Waals surface area contributed by atoms with E-state index >= 15 is 0 Å². The van der Waals surface area contributed by atoms with Crippen LogP contribution in [0.2, 0.25) is 0 Å². The molecule has 0 saturated heterocycles. The van der Waals surface area contributed by atoms with Crippen molar-refractivity contribution in [2.45, 2.75) is 36.7 Å². The fourth-order valence-electron chi connectivity index (χ4n) is 3.17. The van der Waals surface area contributed by atoms with E-state index in [9.17, 15) is 18.0 Å². The van der Waals surface area contributed by atoms with Gasteiger partial charge in [0.25, 0.3) is 5.91 Å². The van der Waals surface area contributed by atoms with Crippen LogP contribution < -0.4 is 22.5 Å². The van der Waals surface area contributed by atoms with E-state index in [2.05, 4.69) is 5.32 Å². The SMILES string of the molecule is NCCCCCC(CS(=O)(=O)c1cccc(C(=O)NCCOCCOCCOCCN)c1)OC(N)=O. The number of primary amides is 1. The van der Waals surface area contributed by atoms with Gasteiger partial charge in [-0.1, -0.05) is 12.5 Å². The van der Waals surface area contributed by atoms with Gasteiger partial charge in [-0.3, -0.25) is 4.79 Å². The van der Waals surface area contributed by atoms with Crippen LogP contribution in [0.3, 0.4) is 0 Å². The van der Waals surface area contributed by atoms with Gasteiger partial charge in [-0.15, -0.1) is 0 Å². The molecule has 0 spiro atoms. The van der Waals surface area contributed by atoms with Crippen LogP contribution in [-0.2, 0) is 28.8 Å². The zero-order chi connectivity index (χ0) is 26.7. The fourth-order valence-corrected chi connectivity index (χ4v) is 4.68. The number of carbonyl (C=O) groups excluding carboxylic acids is 2. The number of sulfone groups is 1. The lowest BCUT2D eigenvalue weighted by Gasteiger charge is -2.17. The van der Waals surface area contributed by atoms with Crippen molar-refractivity contribution in [2.24, 2.45) is 17.2 Å². The Labute approximate surface area is 213 Å². The first-order valence-corrected chi connectivity index (χ1v) is 13.7. The van der Waals surface area contributed by atoms with Crippen LogP contribution in [0.1, 0.15) is 36.0 Å². The lowest BCUT2D eigenvalue weighted by molar-refractivity contribution is 0.0166. The maximum Gasteiger partial charge on any atom is 0.404 e. The topological polar surface area (TPSA) is 195 Å². The van der Waals surface area contributed by atoms with E-state index in [1.165, 1.54) is 24.3 Å². The highest BCUT2D eigenvalue weighted by molar-refractivity contribution is 7.91. The molecule has 0 heterocycles. The lowest BCUT2D eigenvalue weighted by Crippen LogP contribution is -2.30. The number of rotatable bonds is 21. The molecular formula is C23H40N4O8S. The number of nitrogens with two attached hydrogens (primary N) is 3. The van der Waals surface area contributed by atoms with Crippen molar-refractivity contribution >= 4 is 21.8 Å². The molecule has 0 aliphatic rings. The standard InChI is InChI=1S/C23H40N4O8S/c24-8-3-1-2-6-20(35-23(26)29)18-36(30,31)21-7-4-5-19(17-21)22(28)27-10-12-33-14-16-34-15-13-32-11-9-25/h4-5,7,17,20H,1-3,6,8-16,18,24-25H2,(H2,26,29)(H,27,28). The first-order valence-electron chi connectivity index (χ1n) is 12.0. The summed E-state index contributed by atoms with van der Waals surface area (Å²) in [6.07, 6.45) is 0.637. The summed E-state index contributed by atoms with van der Waals surface area (Å²) in [6, 6.07) is 5.69. The van der Waals surface area contributed by atoms with Crippen molar-refractivity contribution in [1.82, 2.24) is 5.32 Å². The molecule has 0 fully saturated rings. The Morgan fingerprint density at radius 1 is 0.889 bits per heavy atom. The molecule has 12 nitrogen and oxygen atoms in total. The molecule has 0 saturated carbocycles. The number of ether oxygens (including phenoxy) is 4. The van der Waals surface area contributed by atoms with Crippen molar-refractivity contribution in [3.05, 3.63) is 29.8 Å². The average molecular weight is 533 g/mol. The van der Waals surface area contributed by atoms with Crippen molar-refractivity contribution in [1.29, 1.82) is 0 Å². The van der Waals surface area contributed by atoms with Gasteiger partial charge in [0, 0.05) is 18.7 Å². The Hall–Kier alpha value is -2.29. The van der Waals surface area contributed by atoms with Gasteiger partial charge in [-0.2, -0.15) is 0 Å². The van der Waals surface area contributed by atoms with Crippen LogP contribution in [0, 0.1) is 0 Å². The number of hydrogen-bond donors (Lipinski definition) is 4. The van der Waals surface area contributed by atoms with Gasteiger partial charge in [-0.05, 0) is 44.0 Å². The average Bonchev–Trinajstić information content (AvgIpc) is 2.84. The predicted molar refractivity (Wildman–Crippen MR) is 134 cm³/mol. The highest BCUT2D eigenvalue weighted by Gasteiger charge is 2.24. The molecule has 0 aliphatic carbocycles. The van der Waals surface area contributed by atoms with E-state index in [0.717, 1.165) is 12.8 Å². The second-order valence-electron chi connectivity index (χ2n) is 7.89. The van der Waals surface area contributed by atoms with Crippen LogP contribution in [0.5, 0.6) is 0 Å². The van der Waals surface area contributed by atoms with Crippen LogP contribution in [-0.4, -0.2) is 91.6 Å². The number of benzene rings is 1. The molecule has 0 bridgehead atoms. The van der Waals surface area contributed by atoms with Gasteiger partial charge in [0.1, 0.15) is 6.10 Å². The summed E-state index contributed by atoms with van der Waals surface area (Å²) in [5.74, 6) is -0.866. The molecule has 0 aromatic heterocycles. The van der Waals surface area contributed by atoms with Crippen molar-refractivity contribution < 1.29 is 37.0 Å². The minimum atomic E-state index is -3.84. The second kappa shape index (κ2) is 18.9. The van der Waals surface area contributed by atoms with E-state index < -0.39 is 33.7 Å². The maximum absolute atomic E-state index is 12.9. The first-order chi connectivity index (χ1) is 17.3. The third-order valence-electron chi connectivity index (χ3n) is 4.91. The number of hydrogen-bond acceptors (Lipinski definition) is 10. The minimum Gasteiger partial charge on any atom is -0.445 e. The normalized spacial score (nSPS) is 12.3. The van der Waals surface area contributed by atoms with E-state index in [-0.39, 0.29) is 23.6 Å². The van der Waals surface area contributed by atoms with Crippen LogP contribution in [0.25, 0.3) is 0 Å². The minimum absolute atomic E-state index is 0.0426. The summed E-state index contributed by atoms with van der Waals surface area (Å²) < 4.78 is 46.7. The van der Waals surface area contributed by atoms with Crippen molar-refractivity contribution in [3.8, 4) is 0 Å². The van der Waals surface area contributed by atoms with Crippen LogP contribution in [0.15, 0.2) is 29.2 Å². The summed E-state index contributed by atoms with van der Waals surface area (Å²) in [7, 11) is -3.84. The molecule has 0 aliphatic heterocycles. The Morgan fingerprint density at radius 3 is 2.19 bits per heavy atom. The van der Waals surface area contributed by atoms with Crippen LogP contribution in [0.4, 0.5) is 4.79 Å². The molecule has 2 amide bonds. The van der Waals surface area contributed by atoms with Gasteiger partial charge in [0.2, 0.25) is 0 Å². The van der Waals surface area contributed by atoms with E-state index in [1.807, 2.05) is 0 Å². The fraction of sp³-hybridized carbons (Fsp3) is 0.652. The molecule has 13 heteroatoms. The molecule has 36 heavy (non-hydrogen) atoms. The summed E-state index contributed by atoms with van der Waals surface area (Å²) >= 11 is 0. The summed E-state index contributed by atoms with van der Waals surface area (Å²) in [5.41, 5.74) is 16.1. The highest BCUT2D eigenvalue weighted by Crippen LogP contribution is 2.18. The summed E-state index contributed by atoms with van der Waals surface area (Å²) in [4.78, 5) is 23.6.